The Labute approximate surface area is 150 Å². The fourth-order valence-corrected chi connectivity index (χ4v) is 3.33. The molecule has 0 radical (unpaired) electrons. The molecule has 2 aromatic rings. The Morgan fingerprint density at radius 1 is 1.12 bits per heavy atom. The van der Waals surface area contributed by atoms with Gasteiger partial charge in [-0.25, -0.2) is 0 Å². The van der Waals surface area contributed by atoms with E-state index in [0.29, 0.717) is 5.75 Å². The number of para-hydroxylation sites is 1. The molecule has 1 N–H and O–H groups in total. The number of hydrogen-bond acceptors (Lipinski definition) is 4. The lowest BCUT2D eigenvalue weighted by atomic mass is 10.0. The van der Waals surface area contributed by atoms with Crippen LogP contribution in [0.3, 0.4) is 0 Å². The molecule has 3 rings (SSSR count). The molecule has 4 nitrogen and oxygen atoms in total. The lowest BCUT2D eigenvalue weighted by Crippen LogP contribution is -2.45. The van der Waals surface area contributed by atoms with Crippen LogP contribution >= 0.6 is 0 Å². The summed E-state index contributed by atoms with van der Waals surface area (Å²) in [5.74, 6) is 0.790. The Morgan fingerprint density at radius 3 is 2.48 bits per heavy atom. The average molecular weight is 338 g/mol. The predicted molar refractivity (Wildman–Crippen MR) is 102 cm³/mol. The van der Waals surface area contributed by atoms with Crippen molar-refractivity contribution in [2.24, 2.45) is 0 Å². The second-order valence-corrected chi connectivity index (χ2v) is 6.40. The Hall–Kier alpha value is -2.46. The van der Waals surface area contributed by atoms with Gasteiger partial charge in [-0.1, -0.05) is 30.3 Å². The lowest BCUT2D eigenvalue weighted by molar-refractivity contribution is 0.245. The number of rotatable bonds is 6. The maximum Gasteiger partial charge on any atom is 0.162 e. The lowest BCUT2D eigenvalue weighted by Gasteiger charge is -2.36. The van der Waals surface area contributed by atoms with Gasteiger partial charge in [-0.3, -0.25) is 4.90 Å². The van der Waals surface area contributed by atoms with Crippen LogP contribution in [-0.4, -0.2) is 43.3 Å². The topological polar surface area (TPSA) is 35.9 Å². The van der Waals surface area contributed by atoms with E-state index in [1.54, 1.807) is 7.11 Å². The first kappa shape index (κ1) is 17.4. The summed E-state index contributed by atoms with van der Waals surface area (Å²) in [6, 6.07) is 14.5. The number of benzene rings is 2. The third kappa shape index (κ3) is 4.15. The molecular weight excluding hydrogens is 312 g/mol. The number of aromatic hydroxyl groups is 1. The number of piperazine rings is 1. The van der Waals surface area contributed by atoms with Crippen LogP contribution in [0.15, 0.2) is 55.1 Å². The molecule has 0 atom stereocenters. The van der Waals surface area contributed by atoms with Gasteiger partial charge < -0.3 is 14.7 Å². The molecule has 1 heterocycles. The van der Waals surface area contributed by atoms with Crippen LogP contribution in [0.4, 0.5) is 5.69 Å². The highest BCUT2D eigenvalue weighted by atomic mass is 16.5. The zero-order valence-corrected chi connectivity index (χ0v) is 14.8. The van der Waals surface area contributed by atoms with E-state index in [1.807, 2.05) is 18.2 Å². The molecule has 0 saturated carbocycles. The number of methoxy groups -OCH3 is 1. The highest BCUT2D eigenvalue weighted by molar-refractivity contribution is 5.49. The van der Waals surface area contributed by atoms with Crippen molar-refractivity contribution < 1.29 is 9.84 Å². The minimum Gasteiger partial charge on any atom is -0.504 e. The Kier molecular flexibility index (Phi) is 5.61. The number of anilines is 1. The molecule has 4 heteroatoms. The van der Waals surface area contributed by atoms with Crippen LogP contribution in [0, 0.1) is 0 Å². The number of allylic oxidation sites excluding steroid dienone is 1. The van der Waals surface area contributed by atoms with E-state index in [0.717, 1.165) is 50.3 Å². The molecule has 0 spiro atoms. The van der Waals surface area contributed by atoms with Crippen molar-refractivity contribution in [2.45, 2.75) is 13.0 Å². The summed E-state index contributed by atoms with van der Waals surface area (Å²) in [6.07, 6.45) is 2.64. The van der Waals surface area contributed by atoms with Crippen molar-refractivity contribution in [3.8, 4) is 11.5 Å². The van der Waals surface area contributed by atoms with Crippen molar-refractivity contribution in [2.75, 3.05) is 38.2 Å². The first-order valence-corrected chi connectivity index (χ1v) is 8.73. The maximum atomic E-state index is 10.5. The zero-order chi connectivity index (χ0) is 17.6. The molecule has 0 amide bonds. The minimum atomic E-state index is 0.251. The van der Waals surface area contributed by atoms with E-state index in [1.165, 1.54) is 5.69 Å². The van der Waals surface area contributed by atoms with Gasteiger partial charge in [0.05, 0.1) is 7.11 Å². The number of ether oxygens (including phenoxy) is 1. The predicted octanol–water partition coefficient (Wildman–Crippen LogP) is 3.45. The molecule has 0 aliphatic carbocycles. The van der Waals surface area contributed by atoms with Crippen LogP contribution in [0.1, 0.15) is 11.1 Å². The standard InChI is InChI=1S/C21H26N2O2/c1-3-7-17-14-18(21(24)20(15-17)25-2)16-22-10-12-23(13-11-22)19-8-5-4-6-9-19/h3-6,8-9,14-15,24H,1,7,10-13,16H2,2H3. The second-order valence-electron chi connectivity index (χ2n) is 6.40. The molecule has 0 aromatic heterocycles. The van der Waals surface area contributed by atoms with Gasteiger partial charge in [-0.05, 0) is 30.2 Å². The summed E-state index contributed by atoms with van der Waals surface area (Å²) >= 11 is 0. The third-order valence-electron chi connectivity index (χ3n) is 4.70. The van der Waals surface area contributed by atoms with Crippen molar-refractivity contribution in [1.29, 1.82) is 0 Å². The van der Waals surface area contributed by atoms with Gasteiger partial charge in [0.25, 0.3) is 0 Å². The normalized spacial score (nSPS) is 15.2. The van der Waals surface area contributed by atoms with Crippen LogP contribution in [0.5, 0.6) is 11.5 Å². The van der Waals surface area contributed by atoms with E-state index >= 15 is 0 Å². The van der Waals surface area contributed by atoms with E-state index in [-0.39, 0.29) is 5.75 Å². The molecule has 1 fully saturated rings. The quantitative estimate of drug-likeness (QED) is 0.819. The highest BCUT2D eigenvalue weighted by Crippen LogP contribution is 2.33. The molecule has 132 valence electrons. The first-order chi connectivity index (χ1) is 12.2. The minimum absolute atomic E-state index is 0.251. The Bertz CT molecular complexity index is 707. The van der Waals surface area contributed by atoms with Gasteiger partial charge in [0, 0.05) is 44.0 Å². The van der Waals surface area contributed by atoms with Crippen molar-refractivity contribution in [3.63, 3.8) is 0 Å². The monoisotopic (exact) mass is 338 g/mol. The number of phenolic OH excluding ortho intramolecular Hbond substituents is 1. The van der Waals surface area contributed by atoms with Gasteiger partial charge in [0.2, 0.25) is 0 Å². The number of nitrogens with zero attached hydrogens (tertiary/aromatic N) is 2. The molecule has 1 aliphatic heterocycles. The van der Waals surface area contributed by atoms with Crippen LogP contribution in [0.25, 0.3) is 0 Å². The molecular formula is C21H26N2O2. The molecule has 0 unspecified atom stereocenters. The van der Waals surface area contributed by atoms with Gasteiger partial charge >= 0.3 is 0 Å². The molecule has 1 aliphatic rings. The fourth-order valence-electron chi connectivity index (χ4n) is 3.33. The summed E-state index contributed by atoms with van der Waals surface area (Å²) < 4.78 is 5.33. The molecule has 2 aromatic carbocycles. The van der Waals surface area contributed by atoms with Crippen LogP contribution < -0.4 is 9.64 Å². The summed E-state index contributed by atoms with van der Waals surface area (Å²) in [6.45, 7) is 8.47. The SMILES string of the molecule is C=CCc1cc(CN2CCN(c3ccccc3)CC2)c(O)c(OC)c1. The Balaban J connectivity index is 1.67. The summed E-state index contributed by atoms with van der Waals surface area (Å²) in [4.78, 5) is 4.79. The maximum absolute atomic E-state index is 10.5. The van der Waals surface area contributed by atoms with Crippen molar-refractivity contribution >= 4 is 5.69 Å². The summed E-state index contributed by atoms with van der Waals surface area (Å²) in [5.41, 5.74) is 3.31. The van der Waals surface area contributed by atoms with Crippen molar-refractivity contribution in [1.82, 2.24) is 4.90 Å². The molecule has 0 bridgehead atoms. The molecule has 1 saturated heterocycles. The fraction of sp³-hybridized carbons (Fsp3) is 0.333. The van der Waals surface area contributed by atoms with Gasteiger partial charge in [-0.2, -0.15) is 0 Å². The molecule has 25 heavy (non-hydrogen) atoms. The second kappa shape index (κ2) is 8.08. The smallest absolute Gasteiger partial charge is 0.162 e. The number of hydrogen-bond donors (Lipinski definition) is 1. The Morgan fingerprint density at radius 2 is 1.84 bits per heavy atom. The largest absolute Gasteiger partial charge is 0.504 e. The first-order valence-electron chi connectivity index (χ1n) is 8.73. The highest BCUT2D eigenvalue weighted by Gasteiger charge is 2.19. The average Bonchev–Trinajstić information content (AvgIpc) is 2.66. The van der Waals surface area contributed by atoms with Gasteiger partial charge in [0.15, 0.2) is 11.5 Å². The van der Waals surface area contributed by atoms with Crippen LogP contribution in [0.2, 0.25) is 0 Å². The number of phenols is 1. The van der Waals surface area contributed by atoms with Gasteiger partial charge in [-0.15, -0.1) is 6.58 Å². The van der Waals surface area contributed by atoms with E-state index < -0.39 is 0 Å². The van der Waals surface area contributed by atoms with Crippen molar-refractivity contribution in [3.05, 3.63) is 66.2 Å². The van der Waals surface area contributed by atoms with Crippen LogP contribution in [-0.2, 0) is 13.0 Å². The van der Waals surface area contributed by atoms with E-state index in [9.17, 15) is 5.11 Å². The van der Waals surface area contributed by atoms with Gasteiger partial charge in [0.1, 0.15) is 0 Å². The summed E-state index contributed by atoms with van der Waals surface area (Å²) in [5, 5.41) is 10.5. The van der Waals surface area contributed by atoms with E-state index in [4.69, 9.17) is 4.74 Å². The zero-order valence-electron chi connectivity index (χ0n) is 14.8. The summed E-state index contributed by atoms with van der Waals surface area (Å²) in [7, 11) is 1.59. The third-order valence-corrected chi connectivity index (χ3v) is 4.70. The van der Waals surface area contributed by atoms with E-state index in [2.05, 4.69) is 46.7 Å².